The van der Waals surface area contributed by atoms with Crippen molar-refractivity contribution in [2.45, 2.75) is 65.9 Å². The summed E-state index contributed by atoms with van der Waals surface area (Å²) in [5.41, 5.74) is 5.04. The molecule has 240 valence electrons. The maximum atomic E-state index is 13.1. The summed E-state index contributed by atoms with van der Waals surface area (Å²) >= 11 is 1.44. The smallest absolute Gasteiger partial charge is 0.341 e. The van der Waals surface area contributed by atoms with E-state index in [0.29, 0.717) is 45.9 Å². The van der Waals surface area contributed by atoms with Crippen LogP contribution in [0, 0.1) is 5.92 Å². The van der Waals surface area contributed by atoms with Gasteiger partial charge in [0.2, 0.25) is 0 Å². The Bertz CT molecular complexity index is 1520. The van der Waals surface area contributed by atoms with Crippen molar-refractivity contribution >= 4 is 40.3 Å². The van der Waals surface area contributed by atoms with Gasteiger partial charge in [0.1, 0.15) is 10.8 Å². The first-order chi connectivity index (χ1) is 21.7. The largest absolute Gasteiger partial charge is 0.493 e. The Kier molecular flexibility index (Phi) is 12.0. The van der Waals surface area contributed by atoms with Crippen molar-refractivity contribution in [3.05, 3.63) is 69.6 Å². The van der Waals surface area contributed by atoms with Crippen molar-refractivity contribution in [3.63, 3.8) is 0 Å². The van der Waals surface area contributed by atoms with Gasteiger partial charge in [0.05, 0.1) is 32.1 Å². The van der Waals surface area contributed by atoms with Gasteiger partial charge in [-0.2, -0.15) is 5.10 Å². The molecule has 0 fully saturated rings. The van der Waals surface area contributed by atoms with Crippen molar-refractivity contribution in [3.8, 4) is 17.2 Å². The van der Waals surface area contributed by atoms with E-state index in [2.05, 4.69) is 29.7 Å². The Labute approximate surface area is 268 Å². The Morgan fingerprint density at radius 1 is 1.11 bits per heavy atom. The molecule has 0 radical (unpaired) electrons. The second-order valence-electron chi connectivity index (χ2n) is 10.9. The molecule has 2 N–H and O–H groups in total. The fourth-order valence-electron chi connectivity index (χ4n) is 4.85. The van der Waals surface area contributed by atoms with Gasteiger partial charge in [-0.25, -0.2) is 10.2 Å². The molecule has 45 heavy (non-hydrogen) atoms. The van der Waals surface area contributed by atoms with Crippen LogP contribution >= 0.6 is 11.3 Å². The van der Waals surface area contributed by atoms with E-state index in [-0.39, 0.29) is 12.5 Å². The molecule has 1 aromatic heterocycles. The molecule has 0 bridgehead atoms. The number of ether oxygens (including phenoxy) is 4. The second-order valence-corrected chi connectivity index (χ2v) is 12.0. The number of rotatable bonds is 14. The standard InChI is InChI=1S/C34H41N3O7S/c1-6-8-17-43-27-16-10-23(19-28(27)41-5)20-35-37-31(38)22(4)44-25-13-11-24(12-14-25)32(39)36-33-30(34(40)42-7-2)26-15-9-21(3)18-29(26)45-33/h10-14,16,19-22H,6-9,15,17-18H2,1-5H3,(H,36,39)(H,37,38)/b35-20-/t21-,22-/m1/s1. The van der Waals surface area contributed by atoms with E-state index in [1.54, 1.807) is 57.4 Å². The lowest BCUT2D eigenvalue weighted by molar-refractivity contribution is -0.127. The van der Waals surface area contributed by atoms with Gasteiger partial charge >= 0.3 is 5.97 Å². The summed E-state index contributed by atoms with van der Waals surface area (Å²) in [5, 5.41) is 7.47. The van der Waals surface area contributed by atoms with Crippen LogP contribution in [0.5, 0.6) is 17.2 Å². The number of carbonyl (C=O) groups is 3. The summed E-state index contributed by atoms with van der Waals surface area (Å²) in [6.45, 7) is 8.53. The van der Waals surface area contributed by atoms with Gasteiger partial charge < -0.3 is 24.3 Å². The zero-order chi connectivity index (χ0) is 32.3. The molecule has 2 amide bonds. The van der Waals surface area contributed by atoms with E-state index in [0.717, 1.165) is 48.1 Å². The van der Waals surface area contributed by atoms with E-state index < -0.39 is 18.0 Å². The summed E-state index contributed by atoms with van der Waals surface area (Å²) in [7, 11) is 1.57. The molecule has 1 heterocycles. The van der Waals surface area contributed by atoms with Crippen molar-refractivity contribution in [2.75, 3.05) is 25.6 Å². The topological polar surface area (TPSA) is 125 Å². The number of benzene rings is 2. The van der Waals surface area contributed by atoms with Crippen LogP contribution in [-0.2, 0) is 22.4 Å². The molecule has 3 aromatic rings. The molecule has 0 unspecified atom stereocenters. The van der Waals surface area contributed by atoms with Gasteiger partial charge in [-0.15, -0.1) is 11.3 Å². The highest BCUT2D eigenvalue weighted by atomic mass is 32.1. The van der Waals surface area contributed by atoms with E-state index in [9.17, 15) is 14.4 Å². The quantitative estimate of drug-likeness (QED) is 0.0908. The first-order valence-corrected chi connectivity index (χ1v) is 16.1. The Balaban J connectivity index is 1.33. The summed E-state index contributed by atoms with van der Waals surface area (Å²) in [6.07, 6.45) is 5.30. The number of carbonyl (C=O) groups excluding carboxylic acids is 3. The van der Waals surface area contributed by atoms with Crippen LogP contribution in [0.25, 0.3) is 0 Å². The first-order valence-electron chi connectivity index (χ1n) is 15.3. The van der Waals surface area contributed by atoms with Crippen LogP contribution in [0.3, 0.4) is 0 Å². The Hall–Kier alpha value is -4.38. The van der Waals surface area contributed by atoms with Gasteiger partial charge in [0, 0.05) is 10.4 Å². The molecule has 1 aliphatic rings. The fourth-order valence-corrected chi connectivity index (χ4v) is 6.24. The minimum Gasteiger partial charge on any atom is -0.493 e. The van der Waals surface area contributed by atoms with E-state index in [1.165, 1.54) is 17.6 Å². The van der Waals surface area contributed by atoms with Crippen LogP contribution in [0.4, 0.5) is 5.00 Å². The predicted molar refractivity (Wildman–Crippen MR) is 175 cm³/mol. The number of hydrazone groups is 1. The van der Waals surface area contributed by atoms with Gasteiger partial charge in [0.25, 0.3) is 11.8 Å². The molecule has 0 spiro atoms. The van der Waals surface area contributed by atoms with Crippen LogP contribution in [0.1, 0.15) is 83.7 Å². The highest BCUT2D eigenvalue weighted by Crippen LogP contribution is 2.40. The molecule has 2 atom stereocenters. The number of hydrogen-bond donors (Lipinski definition) is 2. The molecule has 1 aliphatic carbocycles. The lowest BCUT2D eigenvalue weighted by atomic mass is 9.88. The number of methoxy groups -OCH3 is 1. The molecular weight excluding hydrogens is 594 g/mol. The summed E-state index contributed by atoms with van der Waals surface area (Å²) in [4.78, 5) is 39.6. The van der Waals surface area contributed by atoms with E-state index in [1.807, 2.05) is 6.07 Å². The van der Waals surface area contributed by atoms with Crippen LogP contribution in [0.15, 0.2) is 47.6 Å². The number of anilines is 1. The predicted octanol–water partition coefficient (Wildman–Crippen LogP) is 6.41. The lowest BCUT2D eigenvalue weighted by Crippen LogP contribution is -2.33. The number of esters is 1. The number of amides is 2. The van der Waals surface area contributed by atoms with E-state index in [4.69, 9.17) is 18.9 Å². The number of nitrogens with one attached hydrogen (secondary N) is 2. The monoisotopic (exact) mass is 635 g/mol. The molecule has 11 heteroatoms. The van der Waals surface area contributed by atoms with Crippen LogP contribution in [-0.4, -0.2) is 50.4 Å². The normalized spacial score (nSPS) is 14.7. The third-order valence-corrected chi connectivity index (χ3v) is 8.52. The third-order valence-electron chi connectivity index (χ3n) is 7.35. The van der Waals surface area contributed by atoms with Gasteiger partial charge in [-0.3, -0.25) is 9.59 Å². The van der Waals surface area contributed by atoms with Gasteiger partial charge in [-0.1, -0.05) is 20.3 Å². The maximum Gasteiger partial charge on any atom is 0.341 e. The molecular formula is C34H41N3O7S. The summed E-state index contributed by atoms with van der Waals surface area (Å²) < 4.78 is 22.2. The Morgan fingerprint density at radius 3 is 2.60 bits per heavy atom. The molecule has 10 nitrogen and oxygen atoms in total. The number of hydrogen-bond acceptors (Lipinski definition) is 9. The lowest BCUT2D eigenvalue weighted by Gasteiger charge is -2.18. The molecule has 0 saturated carbocycles. The van der Waals surface area contributed by atoms with E-state index >= 15 is 0 Å². The molecule has 0 saturated heterocycles. The number of unbranched alkanes of at least 4 members (excludes halogenated alkanes) is 1. The zero-order valence-corrected chi connectivity index (χ0v) is 27.3. The van der Waals surface area contributed by atoms with Crippen molar-refractivity contribution < 1.29 is 33.3 Å². The minimum atomic E-state index is -0.849. The maximum absolute atomic E-state index is 13.1. The second kappa shape index (κ2) is 16.1. The average Bonchev–Trinajstić information content (AvgIpc) is 3.38. The van der Waals surface area contributed by atoms with Crippen molar-refractivity contribution in [1.29, 1.82) is 0 Å². The van der Waals surface area contributed by atoms with Crippen LogP contribution < -0.4 is 25.0 Å². The number of thiophene rings is 1. The average molecular weight is 636 g/mol. The number of nitrogens with zero attached hydrogens (tertiary/aromatic N) is 1. The van der Waals surface area contributed by atoms with Crippen molar-refractivity contribution in [1.82, 2.24) is 5.43 Å². The van der Waals surface area contributed by atoms with Crippen molar-refractivity contribution in [2.24, 2.45) is 11.0 Å². The summed E-state index contributed by atoms with van der Waals surface area (Å²) in [6, 6.07) is 11.9. The molecule has 0 aliphatic heterocycles. The van der Waals surface area contributed by atoms with Crippen LogP contribution in [0.2, 0.25) is 0 Å². The molecule has 4 rings (SSSR count). The molecule has 2 aromatic carbocycles. The number of fused-ring (bicyclic) bond motifs is 1. The fraction of sp³-hybridized carbons (Fsp3) is 0.412. The van der Waals surface area contributed by atoms with Gasteiger partial charge in [-0.05, 0) is 99.0 Å². The minimum absolute atomic E-state index is 0.260. The summed E-state index contributed by atoms with van der Waals surface area (Å²) in [5.74, 6) is 0.964. The van der Waals surface area contributed by atoms with Gasteiger partial charge in [0.15, 0.2) is 17.6 Å². The first kappa shape index (κ1) is 33.5. The SMILES string of the molecule is CCCCOc1ccc(/C=N\NC(=O)[C@@H](C)Oc2ccc(C(=O)Nc3sc4c(c3C(=O)OCC)CC[C@@H](C)C4)cc2)cc1OC. The highest BCUT2D eigenvalue weighted by Gasteiger charge is 2.29. The Morgan fingerprint density at radius 2 is 1.89 bits per heavy atom. The highest BCUT2D eigenvalue weighted by molar-refractivity contribution is 7.17. The zero-order valence-electron chi connectivity index (χ0n) is 26.4. The third kappa shape index (κ3) is 8.85.